The smallest absolute Gasteiger partial charge is 0.178 e. The fourth-order valence-electron chi connectivity index (χ4n) is 5.57. The van der Waals surface area contributed by atoms with E-state index < -0.39 is 0 Å². The number of aromatic amines is 1. The summed E-state index contributed by atoms with van der Waals surface area (Å²) in [6.45, 7) is 11.9. The topological polar surface area (TPSA) is 78.5 Å². The first-order valence-corrected chi connectivity index (χ1v) is 14.2. The van der Waals surface area contributed by atoms with E-state index in [4.69, 9.17) is 0 Å². The number of imidazole rings is 1. The van der Waals surface area contributed by atoms with Crippen LogP contribution in [-0.4, -0.2) is 40.1 Å². The monoisotopic (exact) mass is 548 g/mol. The third-order valence-corrected chi connectivity index (χ3v) is 7.83. The second-order valence-electron chi connectivity index (χ2n) is 10.4. The summed E-state index contributed by atoms with van der Waals surface area (Å²) >= 11 is 0. The number of pyridine rings is 2. The van der Waals surface area contributed by atoms with E-state index in [0.717, 1.165) is 40.3 Å². The summed E-state index contributed by atoms with van der Waals surface area (Å²) in [4.78, 5) is 16.7. The number of rotatable bonds is 11. The molecular formula is C34H37FN6. The zero-order valence-corrected chi connectivity index (χ0v) is 23.8. The molecular weight excluding hydrogens is 511 g/mol. The number of halogens is 1. The molecule has 6 nitrogen and oxygen atoms in total. The molecule has 0 unspecified atom stereocenters. The Labute approximate surface area is 241 Å². The van der Waals surface area contributed by atoms with Crippen LogP contribution >= 0.6 is 0 Å². The molecule has 3 N–H and O–H groups in total. The molecule has 7 heteroatoms. The molecule has 1 saturated carbocycles. The molecule has 0 radical (unpaired) electrons. The maximum atomic E-state index is 16.4. The van der Waals surface area contributed by atoms with Crippen molar-refractivity contribution in [3.05, 3.63) is 109 Å². The summed E-state index contributed by atoms with van der Waals surface area (Å²) < 4.78 is 16.4. The molecule has 0 bridgehead atoms. The summed E-state index contributed by atoms with van der Waals surface area (Å²) in [7, 11) is 1.77. The van der Waals surface area contributed by atoms with Gasteiger partial charge >= 0.3 is 0 Å². The lowest BCUT2D eigenvalue weighted by Crippen LogP contribution is -2.23. The van der Waals surface area contributed by atoms with E-state index in [1.807, 2.05) is 49.4 Å². The van der Waals surface area contributed by atoms with Crippen molar-refractivity contribution in [3.8, 4) is 11.1 Å². The number of benzene rings is 1. The van der Waals surface area contributed by atoms with Crippen LogP contribution in [0.3, 0.4) is 0 Å². The molecule has 5 rings (SSSR count). The average Bonchev–Trinajstić information content (AvgIpc) is 3.69. The van der Waals surface area contributed by atoms with E-state index in [0.29, 0.717) is 40.4 Å². The highest BCUT2D eigenvalue weighted by molar-refractivity contribution is 5.93. The Morgan fingerprint density at radius 1 is 1.17 bits per heavy atom. The SMILES string of the molecule is C=C/C(=C\C(=C/C)c1ccc(NC)c(C(=C)c2nc3nccc(-c4cccnc4)c3[nH]2)c1F)CNCC1CCCC1. The Kier molecular flexibility index (Phi) is 8.85. The number of aromatic nitrogens is 4. The van der Waals surface area contributed by atoms with Gasteiger partial charge in [-0.3, -0.25) is 4.98 Å². The van der Waals surface area contributed by atoms with Crippen LogP contribution in [0.5, 0.6) is 0 Å². The third kappa shape index (κ3) is 6.05. The van der Waals surface area contributed by atoms with Gasteiger partial charge in [-0.05, 0) is 67.6 Å². The summed E-state index contributed by atoms with van der Waals surface area (Å²) in [6.07, 6.45) is 16.2. The second kappa shape index (κ2) is 12.9. The van der Waals surface area contributed by atoms with Gasteiger partial charge in [0.05, 0.1) is 5.52 Å². The lowest BCUT2D eigenvalue weighted by Gasteiger charge is -2.16. The first-order chi connectivity index (χ1) is 20.0. The zero-order chi connectivity index (χ0) is 28.8. The largest absolute Gasteiger partial charge is 0.388 e. The van der Waals surface area contributed by atoms with Gasteiger partial charge in [0.15, 0.2) is 5.65 Å². The Bertz CT molecular complexity index is 1610. The minimum absolute atomic E-state index is 0.360. The lowest BCUT2D eigenvalue weighted by atomic mass is 9.95. The van der Waals surface area contributed by atoms with Crippen LogP contribution in [0.15, 0.2) is 85.9 Å². The number of nitrogens with zero attached hydrogens (tertiary/aromatic N) is 3. The van der Waals surface area contributed by atoms with Crippen molar-refractivity contribution in [1.82, 2.24) is 25.3 Å². The highest BCUT2D eigenvalue weighted by atomic mass is 19.1. The van der Waals surface area contributed by atoms with Crippen molar-refractivity contribution in [2.45, 2.75) is 32.6 Å². The number of H-pyrrole nitrogens is 1. The van der Waals surface area contributed by atoms with E-state index in [9.17, 15) is 0 Å². The van der Waals surface area contributed by atoms with Gasteiger partial charge in [0.1, 0.15) is 11.6 Å². The minimum Gasteiger partial charge on any atom is -0.388 e. The van der Waals surface area contributed by atoms with Crippen LogP contribution in [0.2, 0.25) is 0 Å². The molecule has 4 aromatic rings. The van der Waals surface area contributed by atoms with Gasteiger partial charge in [0.25, 0.3) is 0 Å². The first kappa shape index (κ1) is 28.2. The summed E-state index contributed by atoms with van der Waals surface area (Å²) in [6, 6.07) is 9.46. The van der Waals surface area contributed by atoms with Crippen LogP contribution in [0.25, 0.3) is 33.4 Å². The molecule has 41 heavy (non-hydrogen) atoms. The quantitative estimate of drug-likeness (QED) is 0.169. The van der Waals surface area contributed by atoms with Crippen LogP contribution in [0.1, 0.15) is 49.6 Å². The Morgan fingerprint density at radius 3 is 2.71 bits per heavy atom. The predicted molar refractivity (Wildman–Crippen MR) is 168 cm³/mol. The highest BCUT2D eigenvalue weighted by Crippen LogP contribution is 2.36. The highest BCUT2D eigenvalue weighted by Gasteiger charge is 2.21. The zero-order valence-electron chi connectivity index (χ0n) is 23.8. The molecule has 1 aliphatic carbocycles. The van der Waals surface area contributed by atoms with Gasteiger partial charge in [-0.25, -0.2) is 14.4 Å². The average molecular weight is 549 g/mol. The van der Waals surface area contributed by atoms with E-state index in [1.54, 1.807) is 31.7 Å². The number of fused-ring (bicyclic) bond motifs is 1. The van der Waals surface area contributed by atoms with E-state index in [1.165, 1.54) is 25.7 Å². The van der Waals surface area contributed by atoms with Crippen LogP contribution in [0.4, 0.5) is 10.1 Å². The number of nitrogens with one attached hydrogen (secondary N) is 3. The van der Waals surface area contributed by atoms with Crippen LogP contribution in [0, 0.1) is 11.7 Å². The van der Waals surface area contributed by atoms with E-state index in [-0.39, 0.29) is 5.82 Å². The van der Waals surface area contributed by atoms with Gasteiger partial charge < -0.3 is 15.6 Å². The minimum atomic E-state index is -0.366. The molecule has 0 atom stereocenters. The molecule has 0 aliphatic heterocycles. The van der Waals surface area contributed by atoms with Gasteiger partial charge in [0, 0.05) is 65.7 Å². The Hall–Kier alpha value is -4.36. The molecule has 3 heterocycles. The molecule has 1 aliphatic rings. The molecule has 0 saturated heterocycles. The van der Waals surface area contributed by atoms with Crippen molar-refractivity contribution in [2.24, 2.45) is 5.92 Å². The first-order valence-electron chi connectivity index (χ1n) is 14.2. The molecule has 210 valence electrons. The van der Waals surface area contributed by atoms with Crippen LogP contribution in [-0.2, 0) is 0 Å². The summed E-state index contributed by atoms with van der Waals surface area (Å²) in [5.74, 6) is 0.836. The second-order valence-corrected chi connectivity index (χ2v) is 10.4. The number of anilines is 1. The standard InChI is InChI=1S/C34H37FN6/c1-5-23(19-38-20-24-10-7-8-11-24)18-25(6-2)27-13-14-29(36-4)30(31(27)35)22(3)33-40-32-28(15-17-39-34(32)41-33)26-12-9-16-37-21-26/h5-6,9,12-18,21,24,36,38H,1,3,7-8,10-11,19-20H2,2,4H3,(H,39,40,41)/b23-18+,25-6+. The van der Waals surface area contributed by atoms with Crippen molar-refractivity contribution in [3.63, 3.8) is 0 Å². The van der Waals surface area contributed by atoms with Gasteiger partial charge in [0.2, 0.25) is 0 Å². The van der Waals surface area contributed by atoms with Crippen molar-refractivity contribution >= 4 is 28.0 Å². The fourth-order valence-corrected chi connectivity index (χ4v) is 5.57. The molecule has 0 spiro atoms. The maximum Gasteiger partial charge on any atom is 0.178 e. The Balaban J connectivity index is 1.47. The molecule has 0 amide bonds. The van der Waals surface area contributed by atoms with Crippen molar-refractivity contribution in [1.29, 1.82) is 0 Å². The normalized spacial score (nSPS) is 14.5. The number of hydrogen-bond acceptors (Lipinski definition) is 5. The van der Waals surface area contributed by atoms with Crippen LogP contribution < -0.4 is 10.6 Å². The third-order valence-electron chi connectivity index (χ3n) is 7.83. The van der Waals surface area contributed by atoms with Crippen molar-refractivity contribution in [2.75, 3.05) is 25.5 Å². The summed E-state index contributed by atoms with van der Waals surface area (Å²) in [5, 5.41) is 6.69. The Morgan fingerprint density at radius 2 is 2.00 bits per heavy atom. The number of hydrogen-bond donors (Lipinski definition) is 3. The van der Waals surface area contributed by atoms with Gasteiger partial charge in [-0.15, -0.1) is 0 Å². The number of allylic oxidation sites excluding steroid dienone is 3. The van der Waals surface area contributed by atoms with E-state index in [2.05, 4.69) is 43.7 Å². The molecule has 1 aromatic carbocycles. The van der Waals surface area contributed by atoms with Crippen molar-refractivity contribution < 1.29 is 4.39 Å². The fraction of sp³-hybridized carbons (Fsp3) is 0.265. The van der Waals surface area contributed by atoms with Gasteiger partial charge in [-0.1, -0.05) is 50.3 Å². The van der Waals surface area contributed by atoms with E-state index >= 15 is 4.39 Å². The molecule has 1 fully saturated rings. The molecule has 3 aromatic heterocycles. The predicted octanol–water partition coefficient (Wildman–Crippen LogP) is 7.56. The van der Waals surface area contributed by atoms with Gasteiger partial charge in [-0.2, -0.15) is 0 Å². The maximum absolute atomic E-state index is 16.4. The lowest BCUT2D eigenvalue weighted by molar-refractivity contribution is 0.503. The summed E-state index contributed by atoms with van der Waals surface area (Å²) in [5.41, 5.74) is 6.83.